The summed E-state index contributed by atoms with van der Waals surface area (Å²) in [7, 11) is 0. The summed E-state index contributed by atoms with van der Waals surface area (Å²) >= 11 is 0. The molecule has 1 rings (SSSR count). The summed E-state index contributed by atoms with van der Waals surface area (Å²) in [5.74, 6) is -0.254. The molecule has 1 atom stereocenters. The lowest BCUT2D eigenvalue weighted by molar-refractivity contribution is -0.155. The molecule has 0 aromatic carbocycles. The molecule has 1 aliphatic heterocycles. The van der Waals surface area contributed by atoms with Crippen molar-refractivity contribution in [3.63, 3.8) is 0 Å². The largest absolute Gasteiger partial charge is 0.370 e. The van der Waals surface area contributed by atoms with Gasteiger partial charge in [-0.3, -0.25) is 4.79 Å². The van der Waals surface area contributed by atoms with Crippen molar-refractivity contribution in [2.24, 2.45) is 0 Å². The van der Waals surface area contributed by atoms with Crippen LogP contribution < -0.4 is 0 Å². The van der Waals surface area contributed by atoms with E-state index in [0.29, 0.717) is 13.2 Å². The molecule has 0 aromatic heterocycles. The average Bonchev–Trinajstić information content (AvgIpc) is 2.04. The first-order valence-electron chi connectivity index (χ1n) is 3.41. The van der Waals surface area contributed by atoms with Gasteiger partial charge in [-0.1, -0.05) is 6.58 Å². The lowest BCUT2D eigenvalue weighted by Gasteiger charge is -2.28. The minimum Gasteiger partial charge on any atom is -0.370 e. The van der Waals surface area contributed by atoms with Gasteiger partial charge in [0.2, 0.25) is 0 Å². The summed E-state index contributed by atoms with van der Waals surface area (Å²) in [5.41, 5.74) is 0. The molecule has 0 aliphatic carbocycles. The molecule has 1 aliphatic rings. The van der Waals surface area contributed by atoms with Crippen molar-refractivity contribution in [2.75, 3.05) is 19.8 Å². The highest BCUT2D eigenvalue weighted by Gasteiger charge is 2.23. The van der Waals surface area contributed by atoms with E-state index >= 15 is 0 Å². The molecule has 0 N–H and O–H groups in total. The van der Waals surface area contributed by atoms with E-state index < -0.39 is 6.23 Å². The third-order valence-corrected chi connectivity index (χ3v) is 1.53. The molecule has 4 nitrogen and oxygen atoms in total. The van der Waals surface area contributed by atoms with Gasteiger partial charge in [0.05, 0.1) is 6.61 Å². The van der Waals surface area contributed by atoms with Crippen molar-refractivity contribution in [1.29, 1.82) is 0 Å². The van der Waals surface area contributed by atoms with Gasteiger partial charge in [0, 0.05) is 6.54 Å². The molecule has 1 unspecified atom stereocenters. The quantitative estimate of drug-likeness (QED) is 0.519. The summed E-state index contributed by atoms with van der Waals surface area (Å²) in [6.07, 6.45) is 0.0925. The number of carbonyl (C=O) groups is 1. The van der Waals surface area contributed by atoms with Crippen molar-refractivity contribution in [3.05, 3.63) is 12.7 Å². The first kappa shape index (κ1) is 8.23. The number of nitrogens with zero attached hydrogens (tertiary/aromatic N) is 1. The lowest BCUT2D eigenvalue weighted by atomic mass is 10.3. The van der Waals surface area contributed by atoms with Crippen molar-refractivity contribution in [2.45, 2.75) is 6.23 Å². The average molecular weight is 156 g/mol. The fourth-order valence-electron chi connectivity index (χ4n) is 0.926. The molecule has 11 heavy (non-hydrogen) atoms. The maximum Gasteiger partial charge on any atom is 0.251 e. The van der Waals surface area contributed by atoms with Crippen molar-refractivity contribution < 1.29 is 14.6 Å². The molecular weight excluding hydrogens is 146 g/mol. The van der Waals surface area contributed by atoms with Crippen LogP contribution >= 0.6 is 0 Å². The first-order valence-corrected chi connectivity index (χ1v) is 3.41. The van der Waals surface area contributed by atoms with Crippen LogP contribution in [0.4, 0.5) is 0 Å². The molecule has 1 heterocycles. The predicted molar refractivity (Wildman–Crippen MR) is 37.2 cm³/mol. The monoisotopic (exact) mass is 156 g/mol. The minimum atomic E-state index is -1.12. The molecule has 0 aromatic rings. The maximum absolute atomic E-state index is 11.0. The Bertz CT molecular complexity index is 169. The molecule has 4 heteroatoms. The number of hydrogen-bond donors (Lipinski definition) is 0. The van der Waals surface area contributed by atoms with E-state index in [9.17, 15) is 9.90 Å². The lowest BCUT2D eigenvalue weighted by Crippen LogP contribution is -2.46. The van der Waals surface area contributed by atoms with E-state index in [0.717, 1.165) is 0 Å². The van der Waals surface area contributed by atoms with Crippen LogP contribution in [0.1, 0.15) is 0 Å². The zero-order chi connectivity index (χ0) is 8.27. The molecule has 1 saturated heterocycles. The highest BCUT2D eigenvalue weighted by molar-refractivity contribution is 5.78. The smallest absolute Gasteiger partial charge is 0.251 e. The molecule has 61 valence electrons. The van der Waals surface area contributed by atoms with Crippen molar-refractivity contribution >= 4 is 5.91 Å². The van der Waals surface area contributed by atoms with E-state index in [1.54, 1.807) is 0 Å². The zero-order valence-corrected chi connectivity index (χ0v) is 6.16. The van der Waals surface area contributed by atoms with Crippen molar-refractivity contribution in [1.82, 2.24) is 4.90 Å². The van der Waals surface area contributed by atoms with Crippen LogP contribution in [-0.2, 0) is 14.6 Å². The van der Waals surface area contributed by atoms with Gasteiger partial charge in [0.25, 0.3) is 5.91 Å². The second-order valence-electron chi connectivity index (χ2n) is 2.27. The molecule has 0 bridgehead atoms. The molecule has 1 fully saturated rings. The Morgan fingerprint density at radius 1 is 1.73 bits per heavy atom. The highest BCUT2D eigenvalue weighted by Crippen LogP contribution is 2.03. The standard InChI is InChI=1S/C7H10NO3/c1-2-6(9)8-3-4-11-5-7(8)10/h2,6H,1,3-5H2. The summed E-state index contributed by atoms with van der Waals surface area (Å²) < 4.78 is 4.84. The van der Waals surface area contributed by atoms with Gasteiger partial charge >= 0.3 is 0 Å². The van der Waals surface area contributed by atoms with Gasteiger partial charge < -0.3 is 9.64 Å². The number of amides is 1. The highest BCUT2D eigenvalue weighted by atomic mass is 16.5. The van der Waals surface area contributed by atoms with Gasteiger partial charge in [0.1, 0.15) is 6.61 Å². The van der Waals surface area contributed by atoms with Gasteiger partial charge in [0.15, 0.2) is 6.23 Å². The van der Waals surface area contributed by atoms with E-state index in [-0.39, 0.29) is 12.5 Å². The Balaban J connectivity index is 2.53. The molecule has 0 saturated carbocycles. The van der Waals surface area contributed by atoms with Gasteiger partial charge in [-0.25, -0.2) is 5.11 Å². The summed E-state index contributed by atoms with van der Waals surface area (Å²) in [6, 6.07) is 0. The summed E-state index contributed by atoms with van der Waals surface area (Å²) in [6.45, 7) is 4.16. The van der Waals surface area contributed by atoms with Crippen LogP contribution in [0, 0.1) is 0 Å². The molecule has 1 amide bonds. The summed E-state index contributed by atoms with van der Waals surface area (Å²) in [5, 5.41) is 11.0. The van der Waals surface area contributed by atoms with Crippen LogP contribution in [0.3, 0.4) is 0 Å². The third kappa shape index (κ3) is 1.78. The number of carbonyl (C=O) groups excluding carboxylic acids is 1. The van der Waals surface area contributed by atoms with Crippen LogP contribution in [0.15, 0.2) is 12.7 Å². The molecule has 1 radical (unpaired) electrons. The van der Waals surface area contributed by atoms with Crippen LogP contribution in [0.5, 0.6) is 0 Å². The SMILES string of the molecule is C=CC([O])N1CCOCC1=O. The third-order valence-electron chi connectivity index (χ3n) is 1.53. The molecular formula is C7H10NO3. The fourth-order valence-corrected chi connectivity index (χ4v) is 0.926. The Kier molecular flexibility index (Phi) is 2.62. The van der Waals surface area contributed by atoms with Crippen molar-refractivity contribution in [3.8, 4) is 0 Å². The maximum atomic E-state index is 11.0. The van der Waals surface area contributed by atoms with Gasteiger partial charge in [-0.15, -0.1) is 0 Å². The van der Waals surface area contributed by atoms with E-state index in [1.807, 2.05) is 0 Å². The van der Waals surface area contributed by atoms with Gasteiger partial charge in [-0.2, -0.15) is 0 Å². The number of morpholine rings is 1. The van der Waals surface area contributed by atoms with Crippen LogP contribution in [-0.4, -0.2) is 36.8 Å². The molecule has 0 spiro atoms. The fraction of sp³-hybridized carbons (Fsp3) is 0.571. The predicted octanol–water partition coefficient (Wildman–Crippen LogP) is -0.212. The normalized spacial score (nSPS) is 21.5. The number of rotatable bonds is 2. The Hall–Kier alpha value is -0.870. The topological polar surface area (TPSA) is 49.4 Å². The summed E-state index contributed by atoms with van der Waals surface area (Å²) in [4.78, 5) is 12.2. The second-order valence-corrected chi connectivity index (χ2v) is 2.27. The van der Waals surface area contributed by atoms with E-state index in [2.05, 4.69) is 6.58 Å². The second kappa shape index (κ2) is 3.50. The zero-order valence-electron chi connectivity index (χ0n) is 6.16. The first-order chi connectivity index (χ1) is 5.25. The van der Waals surface area contributed by atoms with E-state index in [4.69, 9.17) is 4.74 Å². The minimum absolute atomic E-state index is 0.0204. The Morgan fingerprint density at radius 2 is 2.45 bits per heavy atom. The van der Waals surface area contributed by atoms with Crippen LogP contribution in [0.25, 0.3) is 0 Å². The van der Waals surface area contributed by atoms with E-state index in [1.165, 1.54) is 11.0 Å². The number of hydrogen-bond acceptors (Lipinski definition) is 2. The van der Waals surface area contributed by atoms with Gasteiger partial charge in [-0.05, 0) is 6.08 Å². The Morgan fingerprint density at radius 3 is 3.00 bits per heavy atom. The number of ether oxygens (including phenoxy) is 1. The Labute approximate surface area is 65.1 Å². The van der Waals surface area contributed by atoms with Crippen LogP contribution in [0.2, 0.25) is 0 Å².